The second kappa shape index (κ2) is 8.55. The van der Waals surface area contributed by atoms with Crippen LogP contribution in [-0.4, -0.2) is 25.0 Å². The van der Waals surface area contributed by atoms with Crippen molar-refractivity contribution in [2.24, 2.45) is 0 Å². The topological polar surface area (TPSA) is 64.3 Å². The first-order valence-electron chi connectivity index (χ1n) is 10.5. The summed E-state index contributed by atoms with van der Waals surface area (Å²) in [6, 6.07) is 19.1. The Hall–Kier alpha value is -3.34. The zero-order valence-corrected chi connectivity index (χ0v) is 20.2. The second-order valence-corrected chi connectivity index (χ2v) is 9.79. The maximum Gasteiger partial charge on any atom is 0.346 e. The Labute approximate surface area is 205 Å². The van der Waals surface area contributed by atoms with Gasteiger partial charge in [-0.25, -0.2) is 4.79 Å². The molecule has 0 bridgehead atoms. The molecule has 0 radical (unpaired) electrons. The molecule has 0 spiro atoms. The number of fused-ring (bicyclic) bond motifs is 3. The number of para-hydroxylation sites is 1. The summed E-state index contributed by atoms with van der Waals surface area (Å²) in [4.78, 5) is 15.4. The van der Waals surface area contributed by atoms with Gasteiger partial charge in [0, 0.05) is 31.2 Å². The minimum absolute atomic E-state index is 0.271. The molecule has 7 heteroatoms. The average molecular weight is 513 g/mol. The minimum atomic E-state index is -1.22. The van der Waals surface area contributed by atoms with E-state index in [2.05, 4.69) is 87.6 Å². The molecule has 5 rings (SSSR count). The molecule has 3 aromatic rings. The van der Waals surface area contributed by atoms with Gasteiger partial charge in [-0.3, -0.25) is 0 Å². The standard InChI is InChI=1S/C26H18BBrN2O2S/c27-23-22(13-16(14-29)26(31)32)33-25(24(23)28)15-9-11-17(12-10-15)30-20-7-3-1-5-18(20)19-6-2-4-8-21(19)30/h1-7,9-13,21H,8,27H2,(H,31,32)/b16-13+. The Bertz CT molecular complexity index is 1410. The number of carboxylic acid groups (broad SMARTS) is 1. The SMILES string of the molecule is Bc1c(/C=C(\C#N)C(=O)O)sc(-c2ccc(N3c4ccccc4C4=CC=CCC43)cc2)c1Br. The highest BCUT2D eigenvalue weighted by molar-refractivity contribution is 9.10. The van der Waals surface area contributed by atoms with Crippen LogP contribution in [0.15, 0.2) is 76.8 Å². The molecule has 0 saturated heterocycles. The van der Waals surface area contributed by atoms with E-state index in [4.69, 9.17) is 5.26 Å². The molecule has 0 fully saturated rings. The van der Waals surface area contributed by atoms with Gasteiger partial charge in [-0.05, 0) is 57.8 Å². The van der Waals surface area contributed by atoms with Gasteiger partial charge in [-0.15, -0.1) is 11.3 Å². The van der Waals surface area contributed by atoms with E-state index < -0.39 is 5.97 Å². The van der Waals surface area contributed by atoms with Crippen molar-refractivity contribution in [2.45, 2.75) is 12.5 Å². The van der Waals surface area contributed by atoms with E-state index >= 15 is 0 Å². The molecular formula is C26H18BBrN2O2S. The number of thiophene rings is 1. The number of carboxylic acids is 1. The fourth-order valence-electron chi connectivity index (χ4n) is 4.43. The van der Waals surface area contributed by atoms with Crippen molar-refractivity contribution in [2.75, 3.05) is 4.90 Å². The third-order valence-electron chi connectivity index (χ3n) is 6.06. The number of anilines is 2. The van der Waals surface area contributed by atoms with Crippen molar-refractivity contribution in [1.82, 2.24) is 0 Å². The van der Waals surface area contributed by atoms with E-state index in [0.717, 1.165) is 37.4 Å². The summed E-state index contributed by atoms with van der Waals surface area (Å²) in [5.41, 5.74) is 6.70. The van der Waals surface area contributed by atoms with E-state index in [1.807, 2.05) is 7.85 Å². The zero-order chi connectivity index (χ0) is 23.1. The summed E-state index contributed by atoms with van der Waals surface area (Å²) in [7, 11) is 1.92. The molecule has 1 N–H and O–H groups in total. The van der Waals surface area contributed by atoms with Crippen molar-refractivity contribution >= 4 is 69.6 Å². The molecule has 2 aliphatic rings. The second-order valence-electron chi connectivity index (χ2n) is 7.95. The molecule has 1 aromatic heterocycles. The maximum atomic E-state index is 11.2. The molecule has 33 heavy (non-hydrogen) atoms. The summed E-state index contributed by atoms with van der Waals surface area (Å²) >= 11 is 5.14. The summed E-state index contributed by atoms with van der Waals surface area (Å²) in [6.45, 7) is 0. The summed E-state index contributed by atoms with van der Waals surface area (Å²) in [5.74, 6) is -1.22. The zero-order valence-electron chi connectivity index (χ0n) is 17.7. The maximum absolute atomic E-state index is 11.2. The molecule has 4 nitrogen and oxygen atoms in total. The first kappa shape index (κ1) is 21.5. The monoisotopic (exact) mass is 512 g/mol. The van der Waals surface area contributed by atoms with Crippen molar-refractivity contribution < 1.29 is 9.90 Å². The van der Waals surface area contributed by atoms with Crippen LogP contribution in [0, 0.1) is 11.3 Å². The van der Waals surface area contributed by atoms with Gasteiger partial charge in [0.2, 0.25) is 0 Å². The molecular weight excluding hydrogens is 495 g/mol. The molecule has 1 aliphatic carbocycles. The van der Waals surface area contributed by atoms with Crippen LogP contribution in [0.5, 0.6) is 0 Å². The first-order chi connectivity index (χ1) is 16.0. The number of hydrogen-bond donors (Lipinski definition) is 1. The Morgan fingerprint density at radius 1 is 1.24 bits per heavy atom. The van der Waals surface area contributed by atoms with Gasteiger partial charge < -0.3 is 10.0 Å². The molecule has 0 amide bonds. The van der Waals surface area contributed by atoms with E-state index in [1.165, 1.54) is 34.2 Å². The molecule has 160 valence electrons. The number of benzene rings is 2. The Morgan fingerprint density at radius 3 is 2.73 bits per heavy atom. The van der Waals surface area contributed by atoms with Crippen LogP contribution in [0.25, 0.3) is 22.1 Å². The largest absolute Gasteiger partial charge is 0.477 e. The van der Waals surface area contributed by atoms with Crippen LogP contribution in [0.1, 0.15) is 16.9 Å². The number of aliphatic carboxylic acids is 1. The normalized spacial score (nSPS) is 16.7. The Morgan fingerprint density at radius 2 is 2.00 bits per heavy atom. The van der Waals surface area contributed by atoms with Gasteiger partial charge in [-0.1, -0.05) is 54.0 Å². The van der Waals surface area contributed by atoms with Crippen LogP contribution in [0.4, 0.5) is 11.4 Å². The lowest BCUT2D eigenvalue weighted by molar-refractivity contribution is -0.132. The number of carbonyl (C=O) groups is 1. The molecule has 2 heterocycles. The van der Waals surface area contributed by atoms with Crippen molar-refractivity contribution in [3.05, 3.63) is 87.2 Å². The lowest BCUT2D eigenvalue weighted by Gasteiger charge is -2.28. The molecule has 1 aliphatic heterocycles. The smallest absolute Gasteiger partial charge is 0.346 e. The van der Waals surface area contributed by atoms with Gasteiger partial charge in [0.1, 0.15) is 19.5 Å². The highest BCUT2D eigenvalue weighted by atomic mass is 79.9. The van der Waals surface area contributed by atoms with Crippen LogP contribution in [-0.2, 0) is 4.79 Å². The number of hydrogen-bond acceptors (Lipinski definition) is 4. The quantitative estimate of drug-likeness (QED) is 0.293. The molecule has 1 atom stereocenters. The fourth-order valence-corrected chi connectivity index (χ4v) is 6.39. The van der Waals surface area contributed by atoms with Crippen molar-refractivity contribution in [3.63, 3.8) is 0 Å². The molecule has 0 saturated carbocycles. The Kier molecular flexibility index (Phi) is 5.57. The number of nitrogens with zero attached hydrogens (tertiary/aromatic N) is 2. The van der Waals surface area contributed by atoms with Crippen LogP contribution < -0.4 is 10.4 Å². The lowest BCUT2D eigenvalue weighted by Crippen LogP contribution is -2.26. The molecule has 2 aromatic carbocycles. The highest BCUT2D eigenvalue weighted by Gasteiger charge is 2.34. The first-order valence-corrected chi connectivity index (χ1v) is 12.1. The van der Waals surface area contributed by atoms with Gasteiger partial charge >= 0.3 is 5.97 Å². The van der Waals surface area contributed by atoms with Gasteiger partial charge in [0.25, 0.3) is 0 Å². The third kappa shape index (κ3) is 3.66. The summed E-state index contributed by atoms with van der Waals surface area (Å²) < 4.78 is 0.920. The number of rotatable bonds is 4. The van der Waals surface area contributed by atoms with Crippen LogP contribution in [0.3, 0.4) is 0 Å². The summed E-state index contributed by atoms with van der Waals surface area (Å²) in [5, 5.41) is 18.3. The Balaban J connectivity index is 1.51. The van der Waals surface area contributed by atoms with Crippen molar-refractivity contribution in [1.29, 1.82) is 5.26 Å². The fraction of sp³-hybridized carbons (Fsp3) is 0.0769. The minimum Gasteiger partial charge on any atom is -0.477 e. The predicted octanol–water partition coefficient (Wildman–Crippen LogP) is 5.29. The number of nitriles is 1. The van der Waals surface area contributed by atoms with E-state index in [1.54, 1.807) is 6.07 Å². The van der Waals surface area contributed by atoms with Gasteiger partial charge in [0.05, 0.1) is 6.04 Å². The summed E-state index contributed by atoms with van der Waals surface area (Å²) in [6.07, 6.45) is 8.98. The predicted molar refractivity (Wildman–Crippen MR) is 141 cm³/mol. The highest BCUT2D eigenvalue weighted by Crippen LogP contribution is 2.47. The number of halogens is 1. The van der Waals surface area contributed by atoms with E-state index in [0.29, 0.717) is 6.04 Å². The van der Waals surface area contributed by atoms with Crippen LogP contribution in [0.2, 0.25) is 0 Å². The van der Waals surface area contributed by atoms with E-state index in [9.17, 15) is 9.90 Å². The average Bonchev–Trinajstić information content (AvgIpc) is 3.32. The third-order valence-corrected chi connectivity index (χ3v) is 8.60. The van der Waals surface area contributed by atoms with E-state index in [-0.39, 0.29) is 5.57 Å². The lowest BCUT2D eigenvalue weighted by atomic mass is 9.95. The van der Waals surface area contributed by atoms with Gasteiger partial charge in [0.15, 0.2) is 0 Å². The number of allylic oxidation sites excluding steroid dienone is 2. The molecule has 1 unspecified atom stereocenters. The van der Waals surface area contributed by atoms with Crippen molar-refractivity contribution in [3.8, 4) is 16.5 Å². The van der Waals surface area contributed by atoms with Gasteiger partial charge in [-0.2, -0.15) is 5.26 Å². The van der Waals surface area contributed by atoms with Crippen LogP contribution >= 0.6 is 27.3 Å².